The van der Waals surface area contributed by atoms with Gasteiger partial charge in [-0.1, -0.05) is 13.0 Å². The van der Waals surface area contributed by atoms with Crippen molar-refractivity contribution < 1.29 is 9.47 Å². The topological polar surface area (TPSA) is 71.8 Å². The molecular formula is C22H35N7O2. The monoisotopic (exact) mass is 429 g/mol. The second-order valence-corrected chi connectivity index (χ2v) is 8.32. The summed E-state index contributed by atoms with van der Waals surface area (Å²) in [5, 5.41) is 9.13. The Labute approximate surface area is 185 Å². The molecule has 2 saturated heterocycles. The summed E-state index contributed by atoms with van der Waals surface area (Å²) in [4.78, 5) is 12.1. The third-order valence-electron chi connectivity index (χ3n) is 6.51. The maximum atomic E-state index is 5.66. The average Bonchev–Trinajstić information content (AvgIpc) is 3.46. The van der Waals surface area contributed by atoms with E-state index in [-0.39, 0.29) is 6.10 Å². The van der Waals surface area contributed by atoms with E-state index in [9.17, 15) is 0 Å². The highest BCUT2D eigenvalue weighted by atomic mass is 16.5. The van der Waals surface area contributed by atoms with Gasteiger partial charge in [0.1, 0.15) is 5.69 Å². The van der Waals surface area contributed by atoms with Gasteiger partial charge in [0.25, 0.3) is 0 Å². The summed E-state index contributed by atoms with van der Waals surface area (Å²) in [6, 6.07) is 6.44. The van der Waals surface area contributed by atoms with Crippen molar-refractivity contribution in [2.24, 2.45) is 0 Å². The molecule has 0 aliphatic carbocycles. The molecule has 0 spiro atoms. The van der Waals surface area contributed by atoms with E-state index in [0.717, 1.165) is 56.6 Å². The van der Waals surface area contributed by atoms with Crippen molar-refractivity contribution in [3.63, 3.8) is 0 Å². The van der Waals surface area contributed by atoms with Crippen LogP contribution in [-0.2, 0) is 16.0 Å². The van der Waals surface area contributed by atoms with E-state index in [1.807, 2.05) is 18.2 Å². The van der Waals surface area contributed by atoms with Gasteiger partial charge in [-0.3, -0.25) is 14.5 Å². The third-order valence-corrected chi connectivity index (χ3v) is 6.51. The van der Waals surface area contributed by atoms with E-state index in [4.69, 9.17) is 9.47 Å². The summed E-state index contributed by atoms with van der Waals surface area (Å²) in [6.07, 6.45) is 2.87. The molecule has 0 aromatic carbocycles. The molecule has 170 valence electrons. The summed E-state index contributed by atoms with van der Waals surface area (Å²) >= 11 is 0. The fraction of sp³-hybridized carbons (Fsp3) is 0.682. The van der Waals surface area contributed by atoms with Gasteiger partial charge in [0.2, 0.25) is 5.95 Å². The molecule has 0 saturated carbocycles. The van der Waals surface area contributed by atoms with Crippen LogP contribution in [0.1, 0.15) is 13.3 Å². The van der Waals surface area contributed by atoms with Gasteiger partial charge in [0, 0.05) is 65.7 Å². The number of nitrogens with zero attached hydrogens (tertiary/aromatic N) is 7. The van der Waals surface area contributed by atoms with Crippen LogP contribution in [0.2, 0.25) is 0 Å². The second kappa shape index (κ2) is 10.5. The maximum Gasteiger partial charge on any atom is 0.227 e. The lowest BCUT2D eigenvalue weighted by Gasteiger charge is -2.37. The molecule has 0 amide bonds. The van der Waals surface area contributed by atoms with Crippen LogP contribution in [-0.4, -0.2) is 108 Å². The van der Waals surface area contributed by atoms with Crippen LogP contribution in [0.25, 0.3) is 11.5 Å². The van der Waals surface area contributed by atoms with Crippen molar-refractivity contribution in [1.29, 1.82) is 0 Å². The van der Waals surface area contributed by atoms with Crippen molar-refractivity contribution in [3.8, 4) is 11.5 Å². The molecule has 0 radical (unpaired) electrons. The molecule has 4 rings (SSSR count). The highest BCUT2D eigenvalue weighted by Gasteiger charge is 2.33. The molecule has 9 nitrogen and oxygen atoms in total. The molecule has 4 heterocycles. The average molecular weight is 430 g/mol. The van der Waals surface area contributed by atoms with E-state index in [2.05, 4.69) is 41.4 Å². The Hall–Kier alpha value is -2.07. The predicted octanol–water partition coefficient (Wildman–Crippen LogP) is 1.22. The molecule has 0 N–H and O–H groups in total. The van der Waals surface area contributed by atoms with Gasteiger partial charge in [-0.2, -0.15) is 0 Å². The molecule has 9 heteroatoms. The zero-order valence-corrected chi connectivity index (χ0v) is 19.0. The number of anilines is 1. The molecule has 31 heavy (non-hydrogen) atoms. The third kappa shape index (κ3) is 5.06. The lowest BCUT2D eigenvalue weighted by Crippen LogP contribution is -2.50. The molecule has 2 unspecified atom stereocenters. The standard InChI is InChI=1S/C22H35N7O2/c1-4-26-11-13-27(14-12-26)18-8-10-28(15-18)22-25-24-21(20-7-5-6-9-23-20)29(22)16-19(31-3)17-30-2/h5-7,9,18-19H,4,8,10-17H2,1-3H3. The fourth-order valence-corrected chi connectivity index (χ4v) is 4.63. The van der Waals surface area contributed by atoms with Gasteiger partial charge in [0.15, 0.2) is 5.82 Å². The van der Waals surface area contributed by atoms with Gasteiger partial charge in [-0.25, -0.2) is 0 Å². The first-order chi connectivity index (χ1) is 15.2. The lowest BCUT2D eigenvalue weighted by molar-refractivity contribution is 0.0187. The van der Waals surface area contributed by atoms with Crippen LogP contribution in [0.5, 0.6) is 0 Å². The summed E-state index contributed by atoms with van der Waals surface area (Å²) < 4.78 is 13.2. The summed E-state index contributed by atoms with van der Waals surface area (Å²) in [5.41, 5.74) is 0.819. The molecule has 2 aromatic rings. The number of ether oxygens (including phenoxy) is 2. The number of pyridine rings is 1. The van der Waals surface area contributed by atoms with E-state index in [1.165, 1.54) is 13.1 Å². The van der Waals surface area contributed by atoms with Crippen molar-refractivity contribution >= 4 is 5.95 Å². The van der Waals surface area contributed by atoms with E-state index in [1.54, 1.807) is 20.4 Å². The number of likely N-dealkylation sites (N-methyl/N-ethyl adjacent to an activating group) is 1. The summed E-state index contributed by atoms with van der Waals surface area (Å²) in [5.74, 6) is 1.67. The van der Waals surface area contributed by atoms with Gasteiger partial charge in [-0.05, 0) is 25.1 Å². The Morgan fingerprint density at radius 2 is 1.94 bits per heavy atom. The van der Waals surface area contributed by atoms with E-state index >= 15 is 0 Å². The van der Waals surface area contributed by atoms with Crippen molar-refractivity contribution in [1.82, 2.24) is 29.5 Å². The Morgan fingerprint density at radius 3 is 2.61 bits per heavy atom. The zero-order valence-electron chi connectivity index (χ0n) is 19.0. The first-order valence-corrected chi connectivity index (χ1v) is 11.3. The van der Waals surface area contributed by atoms with Crippen LogP contribution in [0.4, 0.5) is 5.95 Å². The molecule has 2 aromatic heterocycles. The Bertz CT molecular complexity index is 807. The quantitative estimate of drug-likeness (QED) is 0.589. The summed E-state index contributed by atoms with van der Waals surface area (Å²) in [6.45, 7) is 11.1. The second-order valence-electron chi connectivity index (χ2n) is 8.32. The minimum absolute atomic E-state index is 0.0808. The number of methoxy groups -OCH3 is 2. The Morgan fingerprint density at radius 1 is 1.10 bits per heavy atom. The minimum Gasteiger partial charge on any atom is -0.382 e. The number of piperazine rings is 1. The van der Waals surface area contributed by atoms with E-state index < -0.39 is 0 Å². The molecule has 2 atom stereocenters. The van der Waals surface area contributed by atoms with Crippen LogP contribution >= 0.6 is 0 Å². The smallest absolute Gasteiger partial charge is 0.227 e. The molecule has 2 aliphatic rings. The summed E-state index contributed by atoms with van der Waals surface area (Å²) in [7, 11) is 3.41. The van der Waals surface area contributed by atoms with Gasteiger partial charge < -0.3 is 19.3 Å². The number of aromatic nitrogens is 4. The SMILES string of the molecule is CCN1CCN(C2CCN(c3nnc(-c4ccccn4)n3CC(COC)OC)C2)CC1. The normalized spacial score (nSPS) is 21.6. The number of rotatable bonds is 9. The number of hydrogen-bond donors (Lipinski definition) is 0. The zero-order chi connectivity index (χ0) is 21.6. The number of hydrogen-bond acceptors (Lipinski definition) is 8. The molecular weight excluding hydrogens is 394 g/mol. The van der Waals surface area contributed by atoms with Crippen molar-refractivity contribution in [3.05, 3.63) is 24.4 Å². The van der Waals surface area contributed by atoms with Crippen molar-refractivity contribution in [2.45, 2.75) is 32.0 Å². The first-order valence-electron chi connectivity index (χ1n) is 11.3. The lowest BCUT2D eigenvalue weighted by atomic mass is 10.2. The van der Waals surface area contributed by atoms with Crippen LogP contribution < -0.4 is 4.90 Å². The molecule has 2 aliphatic heterocycles. The first kappa shape index (κ1) is 22.1. The van der Waals surface area contributed by atoms with Gasteiger partial charge >= 0.3 is 0 Å². The van der Waals surface area contributed by atoms with Crippen molar-refractivity contribution in [2.75, 3.05) is 71.5 Å². The molecule has 0 bridgehead atoms. The highest BCUT2D eigenvalue weighted by molar-refractivity contribution is 5.53. The fourth-order valence-electron chi connectivity index (χ4n) is 4.63. The Balaban J connectivity index is 1.53. The van der Waals surface area contributed by atoms with Crippen LogP contribution in [0.3, 0.4) is 0 Å². The Kier molecular flexibility index (Phi) is 7.49. The maximum absolute atomic E-state index is 5.66. The molecule has 2 fully saturated rings. The largest absolute Gasteiger partial charge is 0.382 e. The minimum atomic E-state index is -0.0808. The van der Waals surface area contributed by atoms with Gasteiger partial charge in [-0.15, -0.1) is 10.2 Å². The van der Waals surface area contributed by atoms with Gasteiger partial charge in [0.05, 0.1) is 19.3 Å². The highest BCUT2D eigenvalue weighted by Crippen LogP contribution is 2.27. The van der Waals surface area contributed by atoms with E-state index in [0.29, 0.717) is 19.2 Å². The predicted molar refractivity (Wildman–Crippen MR) is 120 cm³/mol. The van der Waals surface area contributed by atoms with Crippen LogP contribution in [0.15, 0.2) is 24.4 Å². The van der Waals surface area contributed by atoms with Crippen LogP contribution in [0, 0.1) is 0 Å².